The third-order valence-corrected chi connectivity index (χ3v) is 9.57. The summed E-state index contributed by atoms with van der Waals surface area (Å²) < 4.78 is -0.138. The first kappa shape index (κ1) is 38.0. The summed E-state index contributed by atoms with van der Waals surface area (Å²) in [5.74, 6) is -1.13. The molecule has 0 aliphatic heterocycles. The molecule has 0 bridgehead atoms. The number of likely N-dealkylation sites (N-methyl/N-ethyl adjacent to an activating group) is 1. The second-order valence-electron chi connectivity index (χ2n) is 11.2. The third-order valence-electron chi connectivity index (χ3n) is 5.70. The van der Waals surface area contributed by atoms with Crippen molar-refractivity contribution in [2.24, 2.45) is 5.92 Å². The first-order valence-corrected chi connectivity index (χ1v) is 16.2. The normalized spacial score (nSPS) is 13.0. The standard InChI is InChI=1S/C27H52N6O5S2/c1-18(2)25(37)31-16-20(5)39-40-27(7,8)12-10-22(34)29-13-11-24(36)33(9)17-23(35)32-21(6)26(38)30-15-14-28-19(3)4/h18-21,28H,10-17H2,1-9H3,(H,29,34)(H,30,38)(H,31,37)(H,32,35)/t20?,21-/m0/s1. The summed E-state index contributed by atoms with van der Waals surface area (Å²) in [6.45, 7) is 17.2. The van der Waals surface area contributed by atoms with Crippen molar-refractivity contribution in [1.82, 2.24) is 31.5 Å². The van der Waals surface area contributed by atoms with E-state index in [0.29, 0.717) is 38.5 Å². The maximum atomic E-state index is 12.4. The largest absolute Gasteiger partial charge is 0.356 e. The van der Waals surface area contributed by atoms with Gasteiger partial charge in [0, 0.05) is 68.0 Å². The van der Waals surface area contributed by atoms with Crippen molar-refractivity contribution in [3.8, 4) is 0 Å². The van der Waals surface area contributed by atoms with E-state index in [2.05, 4.69) is 47.4 Å². The van der Waals surface area contributed by atoms with E-state index in [1.807, 2.05) is 27.7 Å². The number of rotatable bonds is 20. The molecule has 0 rings (SSSR count). The predicted octanol–water partition coefficient (Wildman–Crippen LogP) is 1.67. The third kappa shape index (κ3) is 19.1. The van der Waals surface area contributed by atoms with Crippen molar-refractivity contribution in [1.29, 1.82) is 0 Å². The van der Waals surface area contributed by atoms with Crippen LogP contribution >= 0.6 is 21.6 Å². The van der Waals surface area contributed by atoms with Crippen molar-refractivity contribution >= 4 is 51.1 Å². The molecule has 40 heavy (non-hydrogen) atoms. The molecule has 2 atom stereocenters. The fourth-order valence-corrected chi connectivity index (χ4v) is 5.58. The van der Waals surface area contributed by atoms with Crippen LogP contribution in [0.4, 0.5) is 0 Å². The Kier molecular flexibility index (Phi) is 19.0. The van der Waals surface area contributed by atoms with Crippen LogP contribution in [0.1, 0.15) is 74.7 Å². The van der Waals surface area contributed by atoms with Gasteiger partial charge in [0.15, 0.2) is 0 Å². The summed E-state index contributed by atoms with van der Waals surface area (Å²) in [5.41, 5.74) is 0. The summed E-state index contributed by atoms with van der Waals surface area (Å²) >= 11 is 0. The van der Waals surface area contributed by atoms with Gasteiger partial charge in [-0.1, -0.05) is 56.2 Å². The highest BCUT2D eigenvalue weighted by Gasteiger charge is 2.23. The molecular formula is C27H52N6O5S2. The van der Waals surface area contributed by atoms with Crippen LogP contribution in [0.15, 0.2) is 0 Å². The topological polar surface area (TPSA) is 149 Å². The van der Waals surface area contributed by atoms with Gasteiger partial charge in [-0.05, 0) is 27.2 Å². The van der Waals surface area contributed by atoms with E-state index in [-0.39, 0.29) is 59.1 Å². The molecule has 5 N–H and O–H groups in total. The van der Waals surface area contributed by atoms with Gasteiger partial charge in [-0.15, -0.1) is 0 Å². The molecular weight excluding hydrogens is 552 g/mol. The second kappa shape index (κ2) is 20.0. The van der Waals surface area contributed by atoms with Crippen LogP contribution in [0.3, 0.4) is 0 Å². The lowest BCUT2D eigenvalue weighted by Crippen LogP contribution is -2.49. The zero-order valence-electron chi connectivity index (χ0n) is 25.8. The van der Waals surface area contributed by atoms with E-state index in [0.717, 1.165) is 0 Å². The minimum absolute atomic E-state index is 0.0363. The first-order valence-electron chi connectivity index (χ1n) is 14.0. The maximum absolute atomic E-state index is 12.4. The van der Waals surface area contributed by atoms with E-state index in [1.54, 1.807) is 28.5 Å². The minimum atomic E-state index is -0.718. The van der Waals surface area contributed by atoms with Crippen LogP contribution in [0.2, 0.25) is 0 Å². The quantitative estimate of drug-likeness (QED) is 0.104. The van der Waals surface area contributed by atoms with Crippen LogP contribution in [0, 0.1) is 5.92 Å². The maximum Gasteiger partial charge on any atom is 0.242 e. The van der Waals surface area contributed by atoms with Gasteiger partial charge in [0.05, 0.1) is 6.54 Å². The molecule has 1 unspecified atom stereocenters. The Morgan fingerprint density at radius 3 is 2.05 bits per heavy atom. The lowest BCUT2D eigenvalue weighted by Gasteiger charge is -2.25. The molecule has 0 spiro atoms. The predicted molar refractivity (Wildman–Crippen MR) is 165 cm³/mol. The van der Waals surface area contributed by atoms with Gasteiger partial charge >= 0.3 is 0 Å². The SMILES string of the molecule is CC(C)NCCNC(=O)[C@H](C)NC(=O)CN(C)C(=O)CCNC(=O)CCC(C)(C)SSC(C)CNC(=O)C(C)C. The van der Waals surface area contributed by atoms with E-state index < -0.39 is 11.9 Å². The van der Waals surface area contributed by atoms with Crippen molar-refractivity contribution in [3.63, 3.8) is 0 Å². The van der Waals surface area contributed by atoms with Gasteiger partial charge in [0.1, 0.15) is 6.04 Å². The van der Waals surface area contributed by atoms with Crippen LogP contribution in [-0.4, -0.2) is 96.3 Å². The minimum Gasteiger partial charge on any atom is -0.356 e. The molecule has 0 aromatic carbocycles. The molecule has 0 saturated heterocycles. The summed E-state index contributed by atoms with van der Waals surface area (Å²) in [6, 6.07) is -0.397. The van der Waals surface area contributed by atoms with Crippen molar-refractivity contribution in [3.05, 3.63) is 0 Å². The molecule has 0 aliphatic carbocycles. The number of amides is 5. The first-order chi connectivity index (χ1) is 18.5. The Morgan fingerprint density at radius 1 is 0.800 bits per heavy atom. The molecule has 0 fully saturated rings. The average Bonchev–Trinajstić information content (AvgIpc) is 2.86. The molecule has 0 heterocycles. The fraction of sp³-hybridized carbons (Fsp3) is 0.815. The summed E-state index contributed by atoms with van der Waals surface area (Å²) in [4.78, 5) is 62.1. The molecule has 0 saturated carbocycles. The molecule has 0 radical (unpaired) electrons. The molecule has 13 heteroatoms. The Labute approximate surface area is 248 Å². The van der Waals surface area contributed by atoms with Gasteiger partial charge in [-0.25, -0.2) is 0 Å². The molecule has 0 aromatic heterocycles. The summed E-state index contributed by atoms with van der Waals surface area (Å²) in [5, 5.41) is 14.5. The summed E-state index contributed by atoms with van der Waals surface area (Å²) in [7, 11) is 4.90. The zero-order valence-corrected chi connectivity index (χ0v) is 27.4. The van der Waals surface area contributed by atoms with Gasteiger partial charge < -0.3 is 31.5 Å². The van der Waals surface area contributed by atoms with Crippen molar-refractivity contribution in [2.45, 2.75) is 96.7 Å². The van der Waals surface area contributed by atoms with Crippen molar-refractivity contribution in [2.75, 3.05) is 39.8 Å². The number of hydrogen-bond acceptors (Lipinski definition) is 8. The van der Waals surface area contributed by atoms with Gasteiger partial charge in [-0.2, -0.15) is 0 Å². The van der Waals surface area contributed by atoms with Gasteiger partial charge in [-0.3, -0.25) is 24.0 Å². The highest BCUT2D eigenvalue weighted by molar-refractivity contribution is 8.77. The molecule has 5 amide bonds. The number of carbonyl (C=O) groups is 5. The average molecular weight is 605 g/mol. The Bertz CT molecular complexity index is 825. The number of nitrogens with one attached hydrogen (secondary N) is 5. The van der Waals surface area contributed by atoms with E-state index in [1.165, 1.54) is 11.9 Å². The molecule has 0 aromatic rings. The van der Waals surface area contributed by atoms with E-state index in [9.17, 15) is 24.0 Å². The fourth-order valence-electron chi connectivity index (χ4n) is 3.10. The number of nitrogens with zero attached hydrogens (tertiary/aromatic N) is 1. The molecule has 0 aliphatic rings. The van der Waals surface area contributed by atoms with Gasteiger partial charge in [0.25, 0.3) is 0 Å². The van der Waals surface area contributed by atoms with Gasteiger partial charge in [0.2, 0.25) is 29.5 Å². The zero-order chi connectivity index (χ0) is 30.9. The van der Waals surface area contributed by atoms with Crippen LogP contribution in [0.25, 0.3) is 0 Å². The highest BCUT2D eigenvalue weighted by atomic mass is 33.1. The smallest absolute Gasteiger partial charge is 0.242 e. The monoisotopic (exact) mass is 604 g/mol. The Hall–Kier alpha value is -1.99. The number of hydrogen-bond donors (Lipinski definition) is 5. The van der Waals surface area contributed by atoms with Crippen LogP contribution in [-0.2, 0) is 24.0 Å². The summed E-state index contributed by atoms with van der Waals surface area (Å²) in [6.07, 6.45) is 1.07. The highest BCUT2D eigenvalue weighted by Crippen LogP contribution is 2.40. The van der Waals surface area contributed by atoms with E-state index >= 15 is 0 Å². The number of carbonyl (C=O) groups excluding carboxylic acids is 5. The lowest BCUT2D eigenvalue weighted by atomic mass is 10.1. The van der Waals surface area contributed by atoms with Crippen molar-refractivity contribution < 1.29 is 24.0 Å². The van der Waals surface area contributed by atoms with E-state index in [4.69, 9.17) is 0 Å². The second-order valence-corrected chi connectivity index (χ2v) is 14.5. The Balaban J connectivity index is 4.21. The van der Waals surface area contributed by atoms with Crippen LogP contribution < -0.4 is 26.6 Å². The molecule has 11 nitrogen and oxygen atoms in total. The lowest BCUT2D eigenvalue weighted by molar-refractivity contribution is -0.135. The Morgan fingerprint density at radius 2 is 1.45 bits per heavy atom. The molecule has 232 valence electrons. The van der Waals surface area contributed by atoms with Crippen LogP contribution in [0.5, 0.6) is 0 Å².